The van der Waals surface area contributed by atoms with E-state index in [1.165, 1.54) is 30.3 Å². The average Bonchev–Trinajstić information content (AvgIpc) is 2.38. The van der Waals surface area contributed by atoms with Crippen LogP contribution >= 0.6 is 11.6 Å². The maximum absolute atomic E-state index is 5.84. The number of hydrogen-bond acceptors (Lipinski definition) is 3. The standard InChI is InChI=1S/C13H12ClN3/c14-13-8-15-7-12(17-13)11-6-5-9-3-1-2-4-10(9)16-11/h5-8H,1-4H2. The highest BCUT2D eigenvalue weighted by atomic mass is 35.5. The van der Waals surface area contributed by atoms with Crippen molar-refractivity contribution >= 4 is 11.6 Å². The van der Waals surface area contributed by atoms with E-state index in [1.807, 2.05) is 6.07 Å². The second-order valence-corrected chi connectivity index (χ2v) is 4.62. The van der Waals surface area contributed by atoms with Crippen LogP contribution in [0, 0.1) is 0 Å². The van der Waals surface area contributed by atoms with Crippen molar-refractivity contribution in [3.05, 3.63) is 40.9 Å². The van der Waals surface area contributed by atoms with Crippen LogP contribution in [0.25, 0.3) is 11.4 Å². The predicted molar refractivity (Wildman–Crippen MR) is 66.9 cm³/mol. The van der Waals surface area contributed by atoms with Crippen LogP contribution < -0.4 is 0 Å². The van der Waals surface area contributed by atoms with Gasteiger partial charge in [-0.3, -0.25) is 9.97 Å². The molecule has 0 radical (unpaired) electrons. The van der Waals surface area contributed by atoms with Gasteiger partial charge in [0.25, 0.3) is 0 Å². The maximum atomic E-state index is 5.84. The van der Waals surface area contributed by atoms with Crippen molar-refractivity contribution in [3.63, 3.8) is 0 Å². The van der Waals surface area contributed by atoms with E-state index in [9.17, 15) is 0 Å². The lowest BCUT2D eigenvalue weighted by atomic mass is 9.96. The molecule has 17 heavy (non-hydrogen) atoms. The third-order valence-electron chi connectivity index (χ3n) is 3.05. The minimum Gasteiger partial charge on any atom is -0.259 e. The Morgan fingerprint density at radius 1 is 0.941 bits per heavy atom. The first-order valence-electron chi connectivity index (χ1n) is 5.79. The Labute approximate surface area is 105 Å². The number of aromatic nitrogens is 3. The summed E-state index contributed by atoms with van der Waals surface area (Å²) in [6.45, 7) is 0. The molecule has 0 saturated carbocycles. The Hall–Kier alpha value is -1.48. The minimum atomic E-state index is 0.405. The number of pyridine rings is 1. The molecule has 0 atom stereocenters. The van der Waals surface area contributed by atoms with Crippen LogP contribution in [0.15, 0.2) is 24.5 Å². The Balaban J connectivity index is 2.04. The van der Waals surface area contributed by atoms with E-state index < -0.39 is 0 Å². The second-order valence-electron chi connectivity index (χ2n) is 4.24. The summed E-state index contributed by atoms with van der Waals surface area (Å²) in [7, 11) is 0. The zero-order valence-corrected chi connectivity index (χ0v) is 10.1. The van der Waals surface area contributed by atoms with Crippen molar-refractivity contribution in [2.75, 3.05) is 0 Å². The van der Waals surface area contributed by atoms with Crippen LogP contribution in [0.5, 0.6) is 0 Å². The maximum Gasteiger partial charge on any atom is 0.148 e. The summed E-state index contributed by atoms with van der Waals surface area (Å²) in [6, 6.07) is 4.16. The van der Waals surface area contributed by atoms with Gasteiger partial charge in [0, 0.05) is 5.69 Å². The van der Waals surface area contributed by atoms with E-state index in [0.29, 0.717) is 5.15 Å². The molecule has 2 aromatic heterocycles. The Morgan fingerprint density at radius 3 is 2.71 bits per heavy atom. The molecule has 0 unspecified atom stereocenters. The summed E-state index contributed by atoms with van der Waals surface area (Å²) in [5.74, 6) is 0. The molecule has 0 aromatic carbocycles. The van der Waals surface area contributed by atoms with Crippen molar-refractivity contribution in [2.45, 2.75) is 25.7 Å². The highest BCUT2D eigenvalue weighted by molar-refractivity contribution is 6.29. The Morgan fingerprint density at radius 2 is 1.82 bits per heavy atom. The molecule has 1 aliphatic carbocycles. The molecule has 4 heteroatoms. The lowest BCUT2D eigenvalue weighted by molar-refractivity contribution is 0.668. The number of aryl methyl sites for hydroxylation is 2. The van der Waals surface area contributed by atoms with Gasteiger partial charge in [0.2, 0.25) is 0 Å². The molecule has 3 rings (SSSR count). The fraction of sp³-hybridized carbons (Fsp3) is 0.308. The Kier molecular flexibility index (Phi) is 2.77. The molecule has 3 nitrogen and oxygen atoms in total. The summed E-state index contributed by atoms with van der Waals surface area (Å²) >= 11 is 5.84. The smallest absolute Gasteiger partial charge is 0.148 e. The largest absolute Gasteiger partial charge is 0.259 e. The van der Waals surface area contributed by atoms with Crippen LogP contribution in [-0.2, 0) is 12.8 Å². The SMILES string of the molecule is Clc1cncc(-c2ccc3c(n2)CCCC3)n1. The summed E-state index contributed by atoms with van der Waals surface area (Å²) in [5.41, 5.74) is 4.18. The minimum absolute atomic E-state index is 0.405. The molecule has 0 amide bonds. The van der Waals surface area contributed by atoms with Gasteiger partial charge in [0.15, 0.2) is 0 Å². The van der Waals surface area contributed by atoms with E-state index in [-0.39, 0.29) is 0 Å². The fourth-order valence-electron chi connectivity index (χ4n) is 2.19. The number of fused-ring (bicyclic) bond motifs is 1. The molecular weight excluding hydrogens is 234 g/mol. The van der Waals surface area contributed by atoms with E-state index in [1.54, 1.807) is 6.20 Å². The monoisotopic (exact) mass is 245 g/mol. The normalized spacial score (nSPS) is 14.4. The van der Waals surface area contributed by atoms with Crippen LogP contribution in [0.3, 0.4) is 0 Å². The van der Waals surface area contributed by atoms with Crippen molar-refractivity contribution < 1.29 is 0 Å². The predicted octanol–water partition coefficient (Wildman–Crippen LogP) is 3.07. The van der Waals surface area contributed by atoms with Gasteiger partial charge in [-0.25, -0.2) is 4.98 Å². The van der Waals surface area contributed by atoms with Crippen molar-refractivity contribution in [1.82, 2.24) is 15.0 Å². The average molecular weight is 246 g/mol. The summed E-state index contributed by atoms with van der Waals surface area (Å²) in [5, 5.41) is 0.405. The molecule has 0 aliphatic heterocycles. The van der Waals surface area contributed by atoms with Gasteiger partial charge in [0.1, 0.15) is 10.8 Å². The van der Waals surface area contributed by atoms with E-state index in [2.05, 4.69) is 21.0 Å². The molecule has 0 saturated heterocycles. The van der Waals surface area contributed by atoms with Gasteiger partial charge in [-0.1, -0.05) is 17.7 Å². The molecule has 0 N–H and O–H groups in total. The highest BCUT2D eigenvalue weighted by Gasteiger charge is 2.12. The molecular formula is C13H12ClN3. The molecule has 0 spiro atoms. The summed E-state index contributed by atoms with van der Waals surface area (Å²) < 4.78 is 0. The molecule has 0 bridgehead atoms. The van der Waals surface area contributed by atoms with Gasteiger partial charge < -0.3 is 0 Å². The second kappa shape index (κ2) is 4.41. The topological polar surface area (TPSA) is 38.7 Å². The van der Waals surface area contributed by atoms with Crippen LogP contribution in [0.4, 0.5) is 0 Å². The summed E-state index contributed by atoms with van der Waals surface area (Å²) in [6.07, 6.45) is 7.93. The first kappa shape index (κ1) is 10.7. The van der Waals surface area contributed by atoms with Crippen molar-refractivity contribution in [1.29, 1.82) is 0 Å². The van der Waals surface area contributed by atoms with E-state index >= 15 is 0 Å². The summed E-state index contributed by atoms with van der Waals surface area (Å²) in [4.78, 5) is 12.9. The first-order valence-corrected chi connectivity index (χ1v) is 6.17. The van der Waals surface area contributed by atoms with Crippen LogP contribution in [0.2, 0.25) is 5.15 Å². The number of halogens is 1. The lowest BCUT2D eigenvalue weighted by Crippen LogP contribution is -2.06. The highest BCUT2D eigenvalue weighted by Crippen LogP contribution is 2.23. The number of hydrogen-bond donors (Lipinski definition) is 0. The quantitative estimate of drug-likeness (QED) is 0.775. The lowest BCUT2D eigenvalue weighted by Gasteiger charge is -2.15. The van der Waals surface area contributed by atoms with E-state index in [4.69, 9.17) is 11.6 Å². The molecule has 1 aliphatic rings. The third-order valence-corrected chi connectivity index (χ3v) is 3.23. The van der Waals surface area contributed by atoms with E-state index in [0.717, 1.165) is 24.2 Å². The Bertz CT molecular complexity index is 554. The van der Waals surface area contributed by atoms with Gasteiger partial charge in [-0.15, -0.1) is 0 Å². The van der Waals surface area contributed by atoms with Gasteiger partial charge in [-0.2, -0.15) is 0 Å². The van der Waals surface area contributed by atoms with Crippen LogP contribution in [0.1, 0.15) is 24.1 Å². The molecule has 0 fully saturated rings. The zero-order valence-electron chi connectivity index (χ0n) is 9.36. The first-order chi connectivity index (χ1) is 8.33. The number of rotatable bonds is 1. The molecule has 2 heterocycles. The molecule has 2 aromatic rings. The van der Waals surface area contributed by atoms with Crippen molar-refractivity contribution in [3.8, 4) is 11.4 Å². The zero-order chi connectivity index (χ0) is 11.7. The van der Waals surface area contributed by atoms with Crippen LogP contribution in [-0.4, -0.2) is 15.0 Å². The van der Waals surface area contributed by atoms with Gasteiger partial charge in [0.05, 0.1) is 18.1 Å². The third kappa shape index (κ3) is 2.15. The van der Waals surface area contributed by atoms with Gasteiger partial charge in [-0.05, 0) is 37.3 Å². The van der Waals surface area contributed by atoms with Gasteiger partial charge >= 0.3 is 0 Å². The number of nitrogens with zero attached hydrogens (tertiary/aromatic N) is 3. The van der Waals surface area contributed by atoms with Crippen molar-refractivity contribution in [2.24, 2.45) is 0 Å². The fourth-order valence-corrected chi connectivity index (χ4v) is 2.34. The molecule has 86 valence electrons.